The van der Waals surface area contributed by atoms with E-state index in [1.54, 1.807) is 10.9 Å². The molecular weight excluding hydrogens is 270 g/mol. The maximum atomic E-state index is 12.4. The summed E-state index contributed by atoms with van der Waals surface area (Å²) in [6, 6.07) is 0. The number of nitrogens with zero attached hydrogens (tertiary/aromatic N) is 2. The Hall–Kier alpha value is -2.11. The Morgan fingerprint density at radius 2 is 2.05 bits per heavy atom. The standard InChI is InChI=1S/C15H19N3O3/c1-8-11(7-17-18(8)2)6-16-14(19)12-9-3-4-10(5-9)13(12)15(20)21/h3-4,7,9-10,12-13H,5-6H2,1-2H3,(H,16,19)(H,20,21)/t9-,10-,12-,13-/m0/s1. The number of hydrogen-bond acceptors (Lipinski definition) is 3. The molecule has 21 heavy (non-hydrogen) atoms. The van der Waals surface area contributed by atoms with Crippen LogP contribution in [0.5, 0.6) is 0 Å². The van der Waals surface area contributed by atoms with Gasteiger partial charge in [0.25, 0.3) is 0 Å². The second-order valence-electron chi connectivity index (χ2n) is 5.93. The van der Waals surface area contributed by atoms with E-state index in [1.165, 1.54) is 0 Å². The first-order valence-electron chi connectivity index (χ1n) is 7.15. The molecule has 0 radical (unpaired) electrons. The molecule has 0 aromatic carbocycles. The number of aromatic nitrogens is 2. The van der Waals surface area contributed by atoms with E-state index in [4.69, 9.17) is 0 Å². The zero-order valence-electron chi connectivity index (χ0n) is 12.1. The normalized spacial score (nSPS) is 29.8. The van der Waals surface area contributed by atoms with Crippen molar-refractivity contribution in [1.29, 1.82) is 0 Å². The van der Waals surface area contributed by atoms with Crippen LogP contribution in [0.1, 0.15) is 17.7 Å². The number of amides is 1. The molecule has 0 unspecified atom stereocenters. The molecule has 3 rings (SSSR count). The fraction of sp³-hybridized carbons (Fsp3) is 0.533. The first-order chi connectivity index (χ1) is 9.99. The topological polar surface area (TPSA) is 84.2 Å². The van der Waals surface area contributed by atoms with Gasteiger partial charge in [-0.25, -0.2) is 0 Å². The largest absolute Gasteiger partial charge is 0.481 e. The number of aryl methyl sites for hydroxylation is 1. The summed E-state index contributed by atoms with van der Waals surface area (Å²) < 4.78 is 1.75. The Balaban J connectivity index is 1.69. The van der Waals surface area contributed by atoms with E-state index in [-0.39, 0.29) is 17.7 Å². The number of rotatable bonds is 4. The monoisotopic (exact) mass is 289 g/mol. The van der Waals surface area contributed by atoms with E-state index in [9.17, 15) is 14.7 Å². The van der Waals surface area contributed by atoms with Gasteiger partial charge in [-0.2, -0.15) is 5.10 Å². The second-order valence-corrected chi connectivity index (χ2v) is 5.93. The molecular formula is C15H19N3O3. The highest BCUT2D eigenvalue weighted by molar-refractivity contribution is 5.86. The Kier molecular flexibility index (Phi) is 3.31. The van der Waals surface area contributed by atoms with Gasteiger partial charge in [-0.3, -0.25) is 14.3 Å². The summed E-state index contributed by atoms with van der Waals surface area (Å²) in [6.07, 6.45) is 6.44. The Morgan fingerprint density at radius 1 is 1.38 bits per heavy atom. The molecule has 1 aromatic rings. The van der Waals surface area contributed by atoms with E-state index in [0.717, 1.165) is 17.7 Å². The Bertz CT molecular complexity index is 620. The average molecular weight is 289 g/mol. The van der Waals surface area contributed by atoms with Gasteiger partial charge in [0, 0.05) is 24.8 Å². The van der Waals surface area contributed by atoms with E-state index in [2.05, 4.69) is 10.4 Å². The van der Waals surface area contributed by atoms with Crippen molar-refractivity contribution >= 4 is 11.9 Å². The molecule has 1 aromatic heterocycles. The molecule has 6 nitrogen and oxygen atoms in total. The lowest BCUT2D eigenvalue weighted by molar-refractivity contribution is -0.147. The summed E-state index contributed by atoms with van der Waals surface area (Å²) in [5.74, 6) is -2.01. The highest BCUT2D eigenvalue weighted by atomic mass is 16.4. The zero-order chi connectivity index (χ0) is 15.1. The van der Waals surface area contributed by atoms with Crippen molar-refractivity contribution in [2.75, 3.05) is 0 Å². The van der Waals surface area contributed by atoms with Crippen LogP contribution in [0.25, 0.3) is 0 Å². The third-order valence-corrected chi connectivity index (χ3v) is 4.84. The van der Waals surface area contributed by atoms with Crippen molar-refractivity contribution in [3.8, 4) is 0 Å². The molecule has 112 valence electrons. The van der Waals surface area contributed by atoms with Gasteiger partial charge >= 0.3 is 5.97 Å². The molecule has 2 aliphatic carbocycles. The highest BCUT2D eigenvalue weighted by Gasteiger charge is 2.51. The van der Waals surface area contributed by atoms with Crippen molar-refractivity contribution in [2.24, 2.45) is 30.7 Å². The number of carbonyl (C=O) groups excluding carboxylic acids is 1. The van der Waals surface area contributed by atoms with Crippen molar-refractivity contribution in [2.45, 2.75) is 19.9 Å². The molecule has 0 spiro atoms. The van der Waals surface area contributed by atoms with Gasteiger partial charge < -0.3 is 10.4 Å². The minimum absolute atomic E-state index is 0.00313. The van der Waals surface area contributed by atoms with Gasteiger partial charge in [0.05, 0.1) is 18.0 Å². The SMILES string of the molecule is Cc1c(CNC(=O)[C@@H]2[C@@H](C(=O)O)[C@H]3C=C[C@H]2C3)cnn1C. The molecule has 0 saturated heterocycles. The first-order valence-corrected chi connectivity index (χ1v) is 7.15. The van der Waals surface area contributed by atoms with Crippen LogP contribution in [-0.4, -0.2) is 26.8 Å². The fourth-order valence-electron chi connectivity index (χ4n) is 3.53. The average Bonchev–Trinajstić information content (AvgIpc) is 3.13. The van der Waals surface area contributed by atoms with Crippen LogP contribution >= 0.6 is 0 Å². The number of carboxylic acid groups (broad SMARTS) is 1. The third-order valence-electron chi connectivity index (χ3n) is 4.84. The Labute approximate surface area is 122 Å². The quantitative estimate of drug-likeness (QED) is 0.805. The number of carbonyl (C=O) groups is 2. The molecule has 1 fully saturated rings. The van der Waals surface area contributed by atoms with E-state index >= 15 is 0 Å². The lowest BCUT2D eigenvalue weighted by atomic mass is 9.82. The summed E-state index contributed by atoms with van der Waals surface area (Å²) in [5, 5.41) is 16.4. The third kappa shape index (κ3) is 2.24. The maximum absolute atomic E-state index is 12.4. The van der Waals surface area contributed by atoms with Crippen LogP contribution < -0.4 is 5.32 Å². The summed E-state index contributed by atoms with van der Waals surface area (Å²) in [5.41, 5.74) is 1.95. The molecule has 6 heteroatoms. The molecule has 1 amide bonds. The van der Waals surface area contributed by atoms with Crippen LogP contribution in [0.3, 0.4) is 0 Å². The van der Waals surface area contributed by atoms with Gasteiger partial charge in [0.15, 0.2) is 0 Å². The van der Waals surface area contributed by atoms with Crippen LogP contribution in [0, 0.1) is 30.6 Å². The summed E-state index contributed by atoms with van der Waals surface area (Å²) in [4.78, 5) is 23.8. The van der Waals surface area contributed by atoms with Crippen molar-refractivity contribution in [1.82, 2.24) is 15.1 Å². The number of fused-ring (bicyclic) bond motifs is 2. The lowest BCUT2D eigenvalue weighted by Crippen LogP contribution is -2.39. The van der Waals surface area contributed by atoms with E-state index in [1.807, 2.05) is 26.1 Å². The van der Waals surface area contributed by atoms with E-state index < -0.39 is 17.8 Å². The van der Waals surface area contributed by atoms with Crippen molar-refractivity contribution in [3.05, 3.63) is 29.6 Å². The number of hydrogen-bond donors (Lipinski definition) is 2. The number of allylic oxidation sites excluding steroid dienone is 2. The number of nitrogens with one attached hydrogen (secondary N) is 1. The lowest BCUT2D eigenvalue weighted by Gasteiger charge is -2.23. The van der Waals surface area contributed by atoms with Gasteiger partial charge in [0.1, 0.15) is 0 Å². The minimum Gasteiger partial charge on any atom is -0.481 e. The highest BCUT2D eigenvalue weighted by Crippen LogP contribution is 2.48. The second kappa shape index (κ2) is 5.02. The molecule has 2 N–H and O–H groups in total. The number of carboxylic acids is 1. The minimum atomic E-state index is -0.871. The molecule has 0 aliphatic heterocycles. The summed E-state index contributed by atoms with van der Waals surface area (Å²) in [6.45, 7) is 2.33. The summed E-state index contributed by atoms with van der Waals surface area (Å²) in [7, 11) is 1.85. The van der Waals surface area contributed by atoms with Crippen LogP contribution in [0.4, 0.5) is 0 Å². The van der Waals surface area contributed by atoms with Gasteiger partial charge in [-0.1, -0.05) is 12.2 Å². The predicted octanol–water partition coefficient (Wildman–Crippen LogP) is 0.868. The predicted molar refractivity (Wildman–Crippen MR) is 75.1 cm³/mol. The number of aliphatic carboxylic acids is 1. The summed E-state index contributed by atoms with van der Waals surface area (Å²) >= 11 is 0. The van der Waals surface area contributed by atoms with E-state index in [0.29, 0.717) is 6.54 Å². The zero-order valence-corrected chi connectivity index (χ0v) is 12.1. The smallest absolute Gasteiger partial charge is 0.307 e. The molecule has 1 saturated carbocycles. The maximum Gasteiger partial charge on any atom is 0.307 e. The molecule has 2 bridgehead atoms. The van der Waals surface area contributed by atoms with Crippen molar-refractivity contribution in [3.63, 3.8) is 0 Å². The van der Waals surface area contributed by atoms with Gasteiger partial charge in [-0.05, 0) is 25.2 Å². The van der Waals surface area contributed by atoms with Gasteiger partial charge in [-0.15, -0.1) is 0 Å². The molecule has 4 atom stereocenters. The molecule has 1 heterocycles. The van der Waals surface area contributed by atoms with Crippen molar-refractivity contribution < 1.29 is 14.7 Å². The van der Waals surface area contributed by atoms with Gasteiger partial charge in [0.2, 0.25) is 5.91 Å². The van der Waals surface area contributed by atoms with Crippen LogP contribution in [0.15, 0.2) is 18.3 Å². The fourth-order valence-corrected chi connectivity index (χ4v) is 3.53. The van der Waals surface area contributed by atoms with Crippen LogP contribution in [0.2, 0.25) is 0 Å². The first kappa shape index (κ1) is 13.9. The molecule has 2 aliphatic rings. The Morgan fingerprint density at radius 3 is 2.62 bits per heavy atom. The van der Waals surface area contributed by atoms with Crippen LogP contribution in [-0.2, 0) is 23.2 Å².